The predicted molar refractivity (Wildman–Crippen MR) is 97.2 cm³/mol. The molecule has 0 spiro atoms. The van der Waals surface area contributed by atoms with E-state index in [1.54, 1.807) is 29.2 Å². The van der Waals surface area contributed by atoms with Crippen LogP contribution in [0.5, 0.6) is 5.75 Å². The second-order valence-corrected chi connectivity index (χ2v) is 5.60. The summed E-state index contributed by atoms with van der Waals surface area (Å²) >= 11 is 0. The number of nitrogens with one attached hydrogen (secondary N) is 1. The van der Waals surface area contributed by atoms with Crippen molar-refractivity contribution in [1.82, 2.24) is 10.2 Å². The molecule has 1 N–H and O–H groups in total. The maximum absolute atomic E-state index is 12.3. The lowest BCUT2D eigenvalue weighted by Crippen LogP contribution is -2.41. The number of hydrogen-bond donors (Lipinski definition) is 1. The average Bonchev–Trinajstić information content (AvgIpc) is 2.69. The largest absolute Gasteiger partial charge is 0.484 e. The van der Waals surface area contributed by atoms with Gasteiger partial charge in [0, 0.05) is 13.1 Å². The number of ether oxygens (including phenoxy) is 1. The lowest BCUT2D eigenvalue weighted by atomic mass is 10.2. The van der Waals surface area contributed by atoms with Gasteiger partial charge in [-0.15, -0.1) is 0 Å². The summed E-state index contributed by atoms with van der Waals surface area (Å²) in [5.41, 5.74) is 1.56. The lowest BCUT2D eigenvalue weighted by molar-refractivity contribution is -0.133. The smallest absolute Gasteiger partial charge is 0.258 e. The minimum Gasteiger partial charge on any atom is -0.484 e. The molecule has 6 heteroatoms. The van der Waals surface area contributed by atoms with E-state index in [1.165, 1.54) is 0 Å². The van der Waals surface area contributed by atoms with E-state index < -0.39 is 0 Å². The molecule has 0 saturated carbocycles. The highest BCUT2D eigenvalue weighted by Gasteiger charge is 2.13. The van der Waals surface area contributed by atoms with Crippen molar-refractivity contribution in [3.63, 3.8) is 0 Å². The van der Waals surface area contributed by atoms with E-state index in [9.17, 15) is 9.59 Å². The van der Waals surface area contributed by atoms with Crippen molar-refractivity contribution in [2.45, 2.75) is 13.5 Å². The fourth-order valence-corrected chi connectivity index (χ4v) is 2.29. The van der Waals surface area contributed by atoms with Crippen LogP contribution in [0.2, 0.25) is 0 Å². The van der Waals surface area contributed by atoms with Gasteiger partial charge in [-0.3, -0.25) is 9.59 Å². The summed E-state index contributed by atoms with van der Waals surface area (Å²) in [4.78, 5) is 25.8. The minimum atomic E-state index is -0.376. The number of likely N-dealkylation sites (N-methyl/N-ethyl adjacent to an activating group) is 1. The summed E-state index contributed by atoms with van der Waals surface area (Å²) in [6.07, 6.45) is 0. The van der Waals surface area contributed by atoms with E-state index in [0.717, 1.165) is 5.56 Å². The minimum absolute atomic E-state index is 0.0732. The molecule has 0 aliphatic heterocycles. The average molecular weight is 351 g/mol. The van der Waals surface area contributed by atoms with E-state index in [2.05, 4.69) is 5.32 Å². The molecule has 0 heterocycles. The first kappa shape index (κ1) is 19.0. The Balaban J connectivity index is 1.76. The third-order valence-corrected chi connectivity index (χ3v) is 3.74. The summed E-state index contributed by atoms with van der Waals surface area (Å²) in [5.74, 6) is -0.0358. The monoisotopic (exact) mass is 351 g/mol. The molecule has 0 aliphatic carbocycles. The highest BCUT2D eigenvalue weighted by atomic mass is 16.5. The number of rotatable bonds is 8. The van der Waals surface area contributed by atoms with Crippen molar-refractivity contribution < 1.29 is 14.3 Å². The lowest BCUT2D eigenvalue weighted by Gasteiger charge is -2.21. The van der Waals surface area contributed by atoms with Gasteiger partial charge in [0.2, 0.25) is 5.91 Å². The fourth-order valence-electron chi connectivity index (χ4n) is 2.29. The van der Waals surface area contributed by atoms with Crippen LogP contribution in [0.4, 0.5) is 0 Å². The Bertz CT molecular complexity index is 767. The van der Waals surface area contributed by atoms with Gasteiger partial charge in [0.15, 0.2) is 6.61 Å². The fraction of sp³-hybridized carbons (Fsp3) is 0.250. The van der Waals surface area contributed by atoms with Crippen LogP contribution in [0.1, 0.15) is 18.1 Å². The molecule has 0 aliphatic rings. The van der Waals surface area contributed by atoms with Crippen molar-refractivity contribution in [2.75, 3.05) is 19.7 Å². The quantitative estimate of drug-likeness (QED) is 0.789. The molecule has 0 saturated heterocycles. The van der Waals surface area contributed by atoms with Gasteiger partial charge in [0.1, 0.15) is 5.75 Å². The van der Waals surface area contributed by atoms with Gasteiger partial charge in [-0.25, -0.2) is 0 Å². The van der Waals surface area contributed by atoms with Crippen molar-refractivity contribution in [3.05, 3.63) is 65.7 Å². The Hall–Kier alpha value is -3.33. The van der Waals surface area contributed by atoms with E-state index in [4.69, 9.17) is 10.00 Å². The zero-order chi connectivity index (χ0) is 18.8. The maximum Gasteiger partial charge on any atom is 0.258 e. The third kappa shape index (κ3) is 5.95. The van der Waals surface area contributed by atoms with Gasteiger partial charge in [-0.05, 0) is 36.8 Å². The van der Waals surface area contributed by atoms with Gasteiger partial charge in [0.05, 0.1) is 18.2 Å². The molecule has 2 amide bonds. The highest BCUT2D eigenvalue weighted by molar-refractivity contribution is 5.85. The standard InChI is InChI=1S/C20H21N3O3/c1-2-23(14-17-6-4-3-5-7-17)20(25)13-22-19(24)15-26-18-10-8-16(12-21)9-11-18/h3-11H,2,13-15H2,1H3,(H,22,24). The second-order valence-electron chi connectivity index (χ2n) is 5.60. The number of carbonyl (C=O) groups is 2. The molecule has 0 bridgehead atoms. The molecule has 0 fully saturated rings. The molecule has 2 aromatic rings. The Kier molecular flexibility index (Phi) is 7.19. The van der Waals surface area contributed by atoms with Crippen LogP contribution in [-0.4, -0.2) is 36.4 Å². The van der Waals surface area contributed by atoms with Crippen LogP contribution in [0.15, 0.2) is 54.6 Å². The van der Waals surface area contributed by atoms with Crippen LogP contribution in [-0.2, 0) is 16.1 Å². The van der Waals surface area contributed by atoms with Crippen LogP contribution in [0, 0.1) is 11.3 Å². The number of amides is 2. The Morgan fingerprint density at radius 1 is 1.12 bits per heavy atom. The van der Waals surface area contributed by atoms with Gasteiger partial charge in [-0.1, -0.05) is 30.3 Å². The zero-order valence-corrected chi connectivity index (χ0v) is 14.6. The number of nitriles is 1. The van der Waals surface area contributed by atoms with Crippen molar-refractivity contribution in [1.29, 1.82) is 5.26 Å². The Morgan fingerprint density at radius 3 is 2.42 bits per heavy atom. The highest BCUT2D eigenvalue weighted by Crippen LogP contribution is 2.11. The van der Waals surface area contributed by atoms with Crippen LogP contribution in [0.3, 0.4) is 0 Å². The van der Waals surface area contributed by atoms with Crippen molar-refractivity contribution in [3.8, 4) is 11.8 Å². The van der Waals surface area contributed by atoms with E-state index in [-0.39, 0.29) is 25.0 Å². The molecule has 0 radical (unpaired) electrons. The van der Waals surface area contributed by atoms with Crippen molar-refractivity contribution in [2.24, 2.45) is 0 Å². The van der Waals surface area contributed by atoms with E-state index in [1.807, 2.05) is 43.3 Å². The van der Waals surface area contributed by atoms with Crippen molar-refractivity contribution >= 4 is 11.8 Å². The third-order valence-electron chi connectivity index (χ3n) is 3.74. The number of hydrogen-bond acceptors (Lipinski definition) is 4. The number of carbonyl (C=O) groups excluding carboxylic acids is 2. The van der Waals surface area contributed by atoms with Crippen LogP contribution < -0.4 is 10.1 Å². The first-order valence-corrected chi connectivity index (χ1v) is 8.33. The Labute approximate surface area is 153 Å². The van der Waals surface area contributed by atoms with Gasteiger partial charge in [-0.2, -0.15) is 5.26 Å². The first-order chi connectivity index (χ1) is 12.6. The molecule has 2 rings (SSSR count). The van der Waals surface area contributed by atoms with Crippen LogP contribution >= 0.6 is 0 Å². The van der Waals surface area contributed by atoms with Gasteiger partial charge in [0.25, 0.3) is 5.91 Å². The summed E-state index contributed by atoms with van der Waals surface area (Å²) < 4.78 is 5.34. The summed E-state index contributed by atoms with van der Waals surface area (Å²) in [5, 5.41) is 11.3. The van der Waals surface area contributed by atoms with Crippen LogP contribution in [0.25, 0.3) is 0 Å². The molecule has 134 valence electrons. The molecular weight excluding hydrogens is 330 g/mol. The first-order valence-electron chi connectivity index (χ1n) is 8.33. The molecule has 0 unspecified atom stereocenters. The van der Waals surface area contributed by atoms with Gasteiger partial charge < -0.3 is 15.0 Å². The van der Waals surface area contributed by atoms with Gasteiger partial charge >= 0.3 is 0 Å². The second kappa shape index (κ2) is 9.84. The molecule has 26 heavy (non-hydrogen) atoms. The summed E-state index contributed by atoms with van der Waals surface area (Å²) in [6, 6.07) is 18.2. The topological polar surface area (TPSA) is 82.4 Å². The Morgan fingerprint density at radius 2 is 1.81 bits per heavy atom. The zero-order valence-electron chi connectivity index (χ0n) is 14.6. The number of benzene rings is 2. The molecule has 0 aromatic heterocycles. The molecule has 2 aromatic carbocycles. The normalized spacial score (nSPS) is 9.85. The summed E-state index contributed by atoms with van der Waals surface area (Å²) in [7, 11) is 0. The maximum atomic E-state index is 12.3. The number of nitrogens with zero attached hydrogens (tertiary/aromatic N) is 2. The predicted octanol–water partition coefficient (Wildman–Crippen LogP) is 2.10. The van der Waals surface area contributed by atoms with E-state index >= 15 is 0 Å². The molecule has 6 nitrogen and oxygen atoms in total. The van der Waals surface area contributed by atoms with E-state index in [0.29, 0.717) is 24.4 Å². The molecular formula is C20H21N3O3. The molecule has 0 atom stereocenters. The summed E-state index contributed by atoms with van der Waals surface area (Å²) in [6.45, 7) is 2.70. The SMILES string of the molecule is CCN(Cc1ccccc1)C(=O)CNC(=O)COc1ccc(C#N)cc1.